The Balaban J connectivity index is 1.63. The minimum atomic E-state index is 0.887. The summed E-state index contributed by atoms with van der Waals surface area (Å²) in [5.74, 6) is 1.000. The number of thioether (sulfide) groups is 1. The highest BCUT2D eigenvalue weighted by Crippen LogP contribution is 2.33. The molecule has 1 heterocycles. The van der Waals surface area contributed by atoms with Crippen LogP contribution in [-0.4, -0.2) is 4.57 Å². The van der Waals surface area contributed by atoms with Crippen LogP contribution < -0.4 is 0 Å². The highest BCUT2D eigenvalue weighted by Gasteiger charge is 2.10. The first kappa shape index (κ1) is 18.4. The summed E-state index contributed by atoms with van der Waals surface area (Å²) < 4.78 is 3.48. The lowest BCUT2D eigenvalue weighted by atomic mass is 10.1. The molecule has 0 aliphatic carbocycles. The van der Waals surface area contributed by atoms with Gasteiger partial charge in [-0.25, -0.2) is 0 Å². The van der Waals surface area contributed by atoms with Crippen molar-refractivity contribution in [3.8, 4) is 0 Å². The molecule has 0 spiro atoms. The first-order valence-corrected chi connectivity index (χ1v) is 10.9. The Morgan fingerprint density at radius 2 is 1.70 bits per heavy atom. The van der Waals surface area contributed by atoms with Crippen molar-refractivity contribution in [3.05, 3.63) is 99.7 Å². The van der Waals surface area contributed by atoms with Crippen LogP contribution in [0.5, 0.6) is 0 Å². The first-order chi connectivity index (χ1) is 13.1. The van der Waals surface area contributed by atoms with Crippen molar-refractivity contribution in [1.82, 2.24) is 4.57 Å². The van der Waals surface area contributed by atoms with Gasteiger partial charge in [0.1, 0.15) is 0 Å². The molecule has 0 N–H and O–H groups in total. The molecule has 0 bridgehead atoms. The number of rotatable bonds is 5. The number of halogens is 1. The molecule has 0 aliphatic rings. The van der Waals surface area contributed by atoms with Gasteiger partial charge in [0.05, 0.1) is 0 Å². The predicted molar refractivity (Wildman–Crippen MR) is 121 cm³/mol. The summed E-state index contributed by atoms with van der Waals surface area (Å²) in [6.07, 6.45) is 2.31. The summed E-state index contributed by atoms with van der Waals surface area (Å²) in [5.41, 5.74) is 6.72. The zero-order valence-electron chi connectivity index (χ0n) is 15.6. The number of aryl methyl sites for hydroxylation is 2. The summed E-state index contributed by atoms with van der Waals surface area (Å²) in [6, 6.07) is 24.0. The molecule has 136 valence electrons. The van der Waals surface area contributed by atoms with Gasteiger partial charge in [-0.2, -0.15) is 0 Å². The van der Waals surface area contributed by atoms with Crippen LogP contribution in [0.2, 0.25) is 0 Å². The molecule has 3 heteroatoms. The summed E-state index contributed by atoms with van der Waals surface area (Å²) in [7, 11) is 0. The van der Waals surface area contributed by atoms with E-state index in [0.29, 0.717) is 0 Å². The number of hydrogen-bond acceptors (Lipinski definition) is 1. The SMILES string of the molecule is Cc1ccc(C)c(CSc2cn(Cc3ccc(Br)cc3)c3ccccc23)c1. The van der Waals surface area contributed by atoms with Crippen molar-refractivity contribution in [2.75, 3.05) is 0 Å². The second-order valence-corrected chi connectivity index (χ2v) is 8.92. The number of hydrogen-bond donors (Lipinski definition) is 0. The van der Waals surface area contributed by atoms with Crippen LogP contribution in [0, 0.1) is 13.8 Å². The third kappa shape index (κ3) is 4.15. The van der Waals surface area contributed by atoms with Gasteiger partial charge in [0.2, 0.25) is 0 Å². The van der Waals surface area contributed by atoms with E-state index in [9.17, 15) is 0 Å². The predicted octanol–water partition coefficient (Wildman–Crippen LogP) is 7.36. The number of benzene rings is 3. The van der Waals surface area contributed by atoms with Crippen LogP contribution in [0.25, 0.3) is 10.9 Å². The molecule has 0 saturated carbocycles. The van der Waals surface area contributed by atoms with Crippen LogP contribution in [0.15, 0.2) is 82.3 Å². The molecule has 27 heavy (non-hydrogen) atoms. The number of para-hydroxylation sites is 1. The van der Waals surface area contributed by atoms with E-state index in [1.807, 2.05) is 11.8 Å². The maximum Gasteiger partial charge on any atom is 0.0495 e. The van der Waals surface area contributed by atoms with Gasteiger partial charge >= 0.3 is 0 Å². The van der Waals surface area contributed by atoms with E-state index in [1.54, 1.807) is 0 Å². The van der Waals surface area contributed by atoms with Gasteiger partial charge in [-0.1, -0.05) is 70.0 Å². The van der Waals surface area contributed by atoms with Gasteiger partial charge in [0.15, 0.2) is 0 Å². The summed E-state index contributed by atoms with van der Waals surface area (Å²) >= 11 is 5.45. The molecule has 0 fully saturated rings. The Kier molecular flexibility index (Phi) is 5.42. The van der Waals surface area contributed by atoms with E-state index in [0.717, 1.165) is 16.8 Å². The van der Waals surface area contributed by atoms with Gasteiger partial charge in [-0.05, 0) is 48.7 Å². The second kappa shape index (κ2) is 7.95. The van der Waals surface area contributed by atoms with E-state index in [2.05, 4.69) is 107 Å². The standard InChI is InChI=1S/C24H22BrNS/c1-17-7-8-18(2)20(13-17)16-27-24-15-26(23-6-4-3-5-22(23)24)14-19-9-11-21(25)12-10-19/h3-13,15H,14,16H2,1-2H3. The molecule has 4 aromatic rings. The molecule has 1 nitrogen and oxygen atoms in total. The molecule has 0 radical (unpaired) electrons. The van der Waals surface area contributed by atoms with E-state index < -0.39 is 0 Å². The number of nitrogens with zero attached hydrogens (tertiary/aromatic N) is 1. The van der Waals surface area contributed by atoms with Gasteiger partial charge < -0.3 is 4.57 Å². The van der Waals surface area contributed by atoms with Crippen LogP contribution in [0.3, 0.4) is 0 Å². The summed E-state index contributed by atoms with van der Waals surface area (Å²) in [6.45, 7) is 5.25. The molecule has 1 aromatic heterocycles. The molecule has 0 aliphatic heterocycles. The fourth-order valence-corrected chi connectivity index (χ4v) is 4.77. The van der Waals surface area contributed by atoms with Gasteiger partial charge in [0.25, 0.3) is 0 Å². The minimum Gasteiger partial charge on any atom is -0.342 e. The van der Waals surface area contributed by atoms with Crippen molar-refractivity contribution >= 4 is 38.6 Å². The fraction of sp³-hybridized carbons (Fsp3) is 0.167. The first-order valence-electron chi connectivity index (χ1n) is 9.11. The molecule has 0 atom stereocenters. The highest BCUT2D eigenvalue weighted by molar-refractivity contribution is 9.10. The van der Waals surface area contributed by atoms with Gasteiger partial charge in [0, 0.05) is 38.8 Å². The maximum atomic E-state index is 3.52. The van der Waals surface area contributed by atoms with E-state index in [1.165, 1.54) is 38.1 Å². The average molecular weight is 436 g/mol. The molecular weight excluding hydrogens is 414 g/mol. The molecule has 0 saturated heterocycles. The Morgan fingerprint density at radius 3 is 2.52 bits per heavy atom. The molecule has 0 amide bonds. The summed E-state index contributed by atoms with van der Waals surface area (Å²) in [4.78, 5) is 1.35. The Morgan fingerprint density at radius 1 is 0.926 bits per heavy atom. The zero-order chi connectivity index (χ0) is 18.8. The molecular formula is C24H22BrNS. The van der Waals surface area contributed by atoms with Crippen LogP contribution in [-0.2, 0) is 12.3 Å². The third-order valence-electron chi connectivity index (χ3n) is 4.91. The lowest BCUT2D eigenvalue weighted by molar-refractivity contribution is 0.830. The molecule has 0 unspecified atom stereocenters. The smallest absolute Gasteiger partial charge is 0.0495 e. The zero-order valence-corrected chi connectivity index (χ0v) is 18.0. The van der Waals surface area contributed by atoms with Crippen LogP contribution in [0.1, 0.15) is 22.3 Å². The van der Waals surface area contributed by atoms with Crippen LogP contribution >= 0.6 is 27.7 Å². The number of fused-ring (bicyclic) bond motifs is 1. The quantitative estimate of drug-likeness (QED) is 0.296. The van der Waals surface area contributed by atoms with Crippen molar-refractivity contribution in [2.45, 2.75) is 31.0 Å². The fourth-order valence-electron chi connectivity index (χ4n) is 3.36. The second-order valence-electron chi connectivity index (χ2n) is 6.98. The summed E-state index contributed by atoms with van der Waals surface area (Å²) in [5, 5.41) is 1.34. The van der Waals surface area contributed by atoms with Crippen molar-refractivity contribution in [3.63, 3.8) is 0 Å². The molecule has 3 aromatic carbocycles. The maximum absolute atomic E-state index is 3.52. The van der Waals surface area contributed by atoms with Crippen LogP contribution in [0.4, 0.5) is 0 Å². The third-order valence-corrected chi connectivity index (χ3v) is 6.53. The normalized spacial score (nSPS) is 11.2. The molecule has 4 rings (SSSR count). The Hall–Kier alpha value is -1.97. The lowest BCUT2D eigenvalue weighted by Gasteiger charge is -2.06. The van der Waals surface area contributed by atoms with Crippen molar-refractivity contribution in [2.24, 2.45) is 0 Å². The Bertz CT molecular complexity index is 1080. The lowest BCUT2D eigenvalue weighted by Crippen LogP contribution is -1.97. The Labute approximate surface area is 173 Å². The van der Waals surface area contributed by atoms with E-state index >= 15 is 0 Å². The number of aromatic nitrogens is 1. The van der Waals surface area contributed by atoms with Crippen molar-refractivity contribution < 1.29 is 0 Å². The highest BCUT2D eigenvalue weighted by atomic mass is 79.9. The topological polar surface area (TPSA) is 4.93 Å². The average Bonchev–Trinajstić information content (AvgIpc) is 3.02. The van der Waals surface area contributed by atoms with Gasteiger partial charge in [-0.3, -0.25) is 0 Å². The van der Waals surface area contributed by atoms with Crippen molar-refractivity contribution in [1.29, 1.82) is 0 Å². The minimum absolute atomic E-state index is 0.887. The monoisotopic (exact) mass is 435 g/mol. The van der Waals surface area contributed by atoms with Gasteiger partial charge in [-0.15, -0.1) is 11.8 Å². The van der Waals surface area contributed by atoms with E-state index in [-0.39, 0.29) is 0 Å². The van der Waals surface area contributed by atoms with E-state index in [4.69, 9.17) is 0 Å². The largest absolute Gasteiger partial charge is 0.342 e.